The van der Waals surface area contributed by atoms with Gasteiger partial charge >= 0.3 is 0 Å². The van der Waals surface area contributed by atoms with Gasteiger partial charge < -0.3 is 9.80 Å². The Hall–Kier alpha value is -3.11. The molecule has 178 valence electrons. The molecule has 0 aromatic heterocycles. The van der Waals surface area contributed by atoms with E-state index in [2.05, 4.69) is 75.5 Å². The third-order valence-corrected chi connectivity index (χ3v) is 8.87. The number of nitrogens with zero attached hydrogens (tertiary/aromatic N) is 3. The number of hydrogen-bond donors (Lipinski definition) is 0. The van der Waals surface area contributed by atoms with Crippen molar-refractivity contribution in [3.8, 4) is 0 Å². The zero-order valence-corrected chi connectivity index (χ0v) is 20.1. The molecule has 2 saturated heterocycles. The van der Waals surface area contributed by atoms with Crippen LogP contribution in [-0.4, -0.2) is 55.6 Å². The number of hydrogen-bond acceptors (Lipinski definition) is 3. The Bertz CT molecular complexity index is 1140. The zero-order chi connectivity index (χ0) is 23.4. The molecule has 0 amide bonds. The van der Waals surface area contributed by atoms with Gasteiger partial charge in [-0.25, -0.2) is 4.39 Å². The first-order chi connectivity index (χ1) is 17.3. The number of anilines is 1. The van der Waals surface area contributed by atoms with Crippen LogP contribution in [-0.2, 0) is 0 Å². The van der Waals surface area contributed by atoms with Crippen LogP contribution in [0.4, 0.5) is 10.1 Å². The lowest BCUT2D eigenvalue weighted by atomic mass is 9.55. The van der Waals surface area contributed by atoms with Gasteiger partial charge in [-0.1, -0.05) is 54.6 Å². The Kier molecular flexibility index (Phi) is 5.16. The van der Waals surface area contributed by atoms with Gasteiger partial charge in [-0.05, 0) is 64.6 Å². The number of piperazine rings is 1. The average molecular weight is 466 g/mol. The molecule has 3 aromatic rings. The van der Waals surface area contributed by atoms with Gasteiger partial charge in [0.25, 0.3) is 0 Å². The molecule has 5 aliphatic rings. The molecule has 2 unspecified atom stereocenters. The Morgan fingerprint density at radius 3 is 1.71 bits per heavy atom. The van der Waals surface area contributed by atoms with Crippen LogP contribution >= 0.6 is 0 Å². The van der Waals surface area contributed by atoms with Crippen LogP contribution in [0.3, 0.4) is 0 Å². The first-order valence-corrected chi connectivity index (χ1v) is 13.1. The highest BCUT2D eigenvalue weighted by Gasteiger charge is 2.52. The first-order valence-electron chi connectivity index (χ1n) is 13.1. The van der Waals surface area contributed by atoms with Crippen molar-refractivity contribution in [1.82, 2.24) is 9.80 Å². The molecule has 2 heterocycles. The Morgan fingerprint density at radius 2 is 1.20 bits per heavy atom. The van der Waals surface area contributed by atoms with Gasteiger partial charge in [0.1, 0.15) is 5.82 Å². The molecule has 2 bridgehead atoms. The van der Waals surface area contributed by atoms with E-state index in [0.717, 1.165) is 51.5 Å². The quantitative estimate of drug-likeness (QED) is 0.518. The largest absolute Gasteiger partial charge is 0.377 e. The molecule has 0 saturated carbocycles. The number of benzene rings is 3. The predicted octanol–water partition coefficient (Wildman–Crippen LogP) is 5.30. The van der Waals surface area contributed by atoms with E-state index in [1.807, 2.05) is 12.1 Å². The molecule has 35 heavy (non-hydrogen) atoms. The van der Waals surface area contributed by atoms with E-state index in [0.29, 0.717) is 23.7 Å². The minimum atomic E-state index is -0.167. The summed E-state index contributed by atoms with van der Waals surface area (Å²) in [7, 11) is 0. The minimum absolute atomic E-state index is 0.167. The monoisotopic (exact) mass is 465 g/mol. The summed E-state index contributed by atoms with van der Waals surface area (Å²) >= 11 is 0. The molecule has 0 N–H and O–H groups in total. The second kappa shape index (κ2) is 8.53. The predicted molar refractivity (Wildman–Crippen MR) is 139 cm³/mol. The summed E-state index contributed by atoms with van der Waals surface area (Å²) < 4.78 is 13.2. The molecule has 0 radical (unpaired) electrons. The Morgan fingerprint density at radius 1 is 0.686 bits per heavy atom. The van der Waals surface area contributed by atoms with Crippen molar-refractivity contribution >= 4 is 5.69 Å². The molecule has 3 nitrogen and oxygen atoms in total. The van der Waals surface area contributed by atoms with Gasteiger partial charge in [-0.3, -0.25) is 4.90 Å². The lowest BCUT2D eigenvalue weighted by Crippen LogP contribution is -2.46. The van der Waals surface area contributed by atoms with Gasteiger partial charge in [0.2, 0.25) is 0 Å². The van der Waals surface area contributed by atoms with Crippen LogP contribution < -0.4 is 4.90 Å². The normalized spacial score (nSPS) is 27.2. The van der Waals surface area contributed by atoms with E-state index in [9.17, 15) is 4.39 Å². The van der Waals surface area contributed by atoms with Gasteiger partial charge in [0, 0.05) is 63.3 Å². The summed E-state index contributed by atoms with van der Waals surface area (Å²) in [6.45, 7) is 7.38. The van der Waals surface area contributed by atoms with Crippen molar-refractivity contribution in [2.45, 2.75) is 11.8 Å². The summed E-state index contributed by atoms with van der Waals surface area (Å²) in [6.07, 6.45) is 4.74. The third-order valence-electron chi connectivity index (χ3n) is 8.87. The maximum atomic E-state index is 13.2. The number of likely N-dealkylation sites (tertiary alicyclic amines) is 1. The van der Waals surface area contributed by atoms with Crippen molar-refractivity contribution < 1.29 is 4.39 Å². The van der Waals surface area contributed by atoms with Crippen LogP contribution in [0.25, 0.3) is 0 Å². The van der Waals surface area contributed by atoms with Crippen molar-refractivity contribution in [1.29, 1.82) is 0 Å². The first kappa shape index (κ1) is 21.2. The van der Waals surface area contributed by atoms with Crippen molar-refractivity contribution in [3.63, 3.8) is 0 Å². The highest BCUT2D eigenvalue weighted by molar-refractivity contribution is 5.57. The molecule has 0 spiro atoms. The van der Waals surface area contributed by atoms with Crippen LogP contribution in [0.5, 0.6) is 0 Å². The van der Waals surface area contributed by atoms with Crippen molar-refractivity contribution in [3.05, 3.63) is 113 Å². The average Bonchev–Trinajstić information content (AvgIpc) is 3.34. The van der Waals surface area contributed by atoms with Gasteiger partial charge in [0.15, 0.2) is 0 Å². The maximum absolute atomic E-state index is 13.2. The lowest BCUT2D eigenvalue weighted by Gasteiger charge is -2.47. The summed E-state index contributed by atoms with van der Waals surface area (Å²) in [5.41, 5.74) is 7.41. The summed E-state index contributed by atoms with van der Waals surface area (Å²) in [5, 5.41) is 0. The SMILES string of the molecule is Fc1ccc(N2CCN(CC=CN3CC4C5c6ccccc6C(c6ccccc65)C4C3)CC2)cc1. The maximum Gasteiger partial charge on any atom is 0.123 e. The van der Waals surface area contributed by atoms with Gasteiger partial charge in [-0.2, -0.15) is 0 Å². The minimum Gasteiger partial charge on any atom is -0.377 e. The molecule has 3 aliphatic carbocycles. The second-order valence-corrected chi connectivity index (χ2v) is 10.6. The Balaban J connectivity index is 1.01. The van der Waals surface area contributed by atoms with Crippen molar-refractivity contribution in [2.75, 3.05) is 50.7 Å². The highest BCUT2D eigenvalue weighted by Crippen LogP contribution is 2.60. The summed E-state index contributed by atoms with van der Waals surface area (Å²) in [4.78, 5) is 7.47. The van der Waals surface area contributed by atoms with Gasteiger partial charge in [-0.15, -0.1) is 0 Å². The summed E-state index contributed by atoms with van der Waals surface area (Å²) in [5.74, 6) is 2.31. The fourth-order valence-corrected chi connectivity index (χ4v) is 7.31. The second-order valence-electron chi connectivity index (χ2n) is 10.6. The molecule has 2 atom stereocenters. The van der Waals surface area contributed by atoms with Gasteiger partial charge in [0.05, 0.1) is 0 Å². The van der Waals surface area contributed by atoms with Crippen molar-refractivity contribution in [2.24, 2.45) is 11.8 Å². The molecular formula is C31H32FN3. The van der Waals surface area contributed by atoms with Crippen LogP contribution in [0.1, 0.15) is 34.1 Å². The summed E-state index contributed by atoms with van der Waals surface area (Å²) in [6, 6.07) is 25.3. The Labute approximate surface area is 207 Å². The molecule has 4 heteroatoms. The number of halogens is 1. The van der Waals surface area contributed by atoms with E-state index in [-0.39, 0.29) is 5.82 Å². The lowest BCUT2D eigenvalue weighted by molar-refractivity contribution is 0.282. The van der Waals surface area contributed by atoms with E-state index >= 15 is 0 Å². The molecule has 2 aliphatic heterocycles. The fourth-order valence-electron chi connectivity index (χ4n) is 7.31. The van der Waals surface area contributed by atoms with Crippen LogP contribution in [0.15, 0.2) is 85.1 Å². The number of rotatable bonds is 4. The topological polar surface area (TPSA) is 9.72 Å². The van der Waals surface area contributed by atoms with E-state index in [1.165, 1.54) is 0 Å². The van der Waals surface area contributed by atoms with Crippen LogP contribution in [0, 0.1) is 17.7 Å². The van der Waals surface area contributed by atoms with E-state index < -0.39 is 0 Å². The third kappa shape index (κ3) is 3.58. The fraction of sp³-hybridized carbons (Fsp3) is 0.355. The molecule has 3 aromatic carbocycles. The van der Waals surface area contributed by atoms with E-state index in [1.54, 1.807) is 34.4 Å². The molecular weight excluding hydrogens is 433 g/mol. The zero-order valence-electron chi connectivity index (χ0n) is 20.1. The van der Waals surface area contributed by atoms with Crippen LogP contribution in [0.2, 0.25) is 0 Å². The molecule has 8 rings (SSSR count). The smallest absolute Gasteiger partial charge is 0.123 e. The standard InChI is InChI=1S/C31H32FN3/c32-22-10-12-23(13-11-22)35-18-16-33(17-19-35)14-5-15-34-20-28-29(21-34)31-25-7-2-1-6-24(25)30(28)26-8-3-4-9-27(26)31/h1-13,15,28-31H,14,16-21H2. The van der Waals surface area contributed by atoms with E-state index in [4.69, 9.17) is 0 Å². The highest BCUT2D eigenvalue weighted by atomic mass is 19.1. The molecule has 2 fully saturated rings.